The molecule has 6 nitrogen and oxygen atoms in total. The summed E-state index contributed by atoms with van der Waals surface area (Å²) in [6.07, 6.45) is 3.74. The van der Waals surface area contributed by atoms with Crippen molar-refractivity contribution in [2.75, 3.05) is 11.1 Å². The zero-order valence-electron chi connectivity index (χ0n) is 15.1. The van der Waals surface area contributed by atoms with Gasteiger partial charge in [-0.2, -0.15) is 0 Å². The molecule has 3 heterocycles. The molecule has 0 aliphatic rings. The lowest BCUT2D eigenvalue weighted by Crippen LogP contribution is -2.13. The van der Waals surface area contributed by atoms with E-state index < -0.39 is 11.6 Å². The molecule has 4 aromatic rings. The van der Waals surface area contributed by atoms with E-state index in [1.54, 1.807) is 16.7 Å². The Morgan fingerprint density at radius 1 is 1.20 bits per heavy atom. The summed E-state index contributed by atoms with van der Waals surface area (Å²) >= 11 is 3.92. The Labute approximate surface area is 182 Å². The third-order valence-corrected chi connectivity index (χ3v) is 6.16. The Morgan fingerprint density at radius 2 is 2.10 bits per heavy atom. The molecule has 4 rings (SSSR count). The van der Waals surface area contributed by atoms with Gasteiger partial charge in [-0.05, 0) is 41.8 Å². The average molecular weight is 462 g/mol. The molecule has 30 heavy (non-hydrogen) atoms. The maximum absolute atomic E-state index is 13.9. The van der Waals surface area contributed by atoms with Gasteiger partial charge in [0.25, 0.3) is 0 Å². The highest BCUT2D eigenvalue weighted by atomic mass is 32.2. The molecule has 152 valence electrons. The highest BCUT2D eigenvalue weighted by molar-refractivity contribution is 7.99. The van der Waals surface area contributed by atoms with Gasteiger partial charge < -0.3 is 5.32 Å². The number of aromatic amines is 1. The number of carbonyl (C=O) groups excluding carboxylic acids is 1. The number of carbonyl (C=O) groups is 1. The monoisotopic (exact) mass is 461 g/mol. The van der Waals surface area contributed by atoms with Crippen LogP contribution in [0.5, 0.6) is 0 Å². The van der Waals surface area contributed by atoms with Crippen LogP contribution >= 0.6 is 34.4 Å². The van der Waals surface area contributed by atoms with Crippen molar-refractivity contribution in [1.82, 2.24) is 20.2 Å². The number of benzene rings is 1. The number of thiazole rings is 1. The standard InChI is InChI=1S/C19H13F2N5OS3/c20-11-3-5-14(21)13(8-11)15-9-29-18(22-15)24-17(27)10-30-19-23-16(25-26-19)6-4-12-2-1-7-28-12/h1-9H,10H2,(H,22,24,27)(H,23,25,26)/b6-4+. The van der Waals surface area contributed by atoms with Crippen LogP contribution in [0.2, 0.25) is 0 Å². The summed E-state index contributed by atoms with van der Waals surface area (Å²) in [6.45, 7) is 0. The minimum atomic E-state index is -0.580. The molecule has 0 aliphatic carbocycles. The summed E-state index contributed by atoms with van der Waals surface area (Å²) in [5.41, 5.74) is 0.307. The SMILES string of the molecule is O=C(CSc1n[nH]c(/C=C/c2cccs2)n1)Nc1nc(-c2cc(F)ccc2F)cs1. The maximum atomic E-state index is 13.9. The number of hydrogen-bond donors (Lipinski definition) is 2. The average Bonchev–Trinajstić information content (AvgIpc) is 3.49. The van der Waals surface area contributed by atoms with Crippen molar-refractivity contribution >= 4 is 57.6 Å². The van der Waals surface area contributed by atoms with Crippen LogP contribution in [0.1, 0.15) is 10.7 Å². The molecule has 2 N–H and O–H groups in total. The number of nitrogens with zero attached hydrogens (tertiary/aromatic N) is 3. The van der Waals surface area contributed by atoms with Gasteiger partial charge in [0.1, 0.15) is 17.5 Å². The van der Waals surface area contributed by atoms with Gasteiger partial charge >= 0.3 is 0 Å². The molecule has 1 amide bonds. The first-order chi connectivity index (χ1) is 14.6. The lowest BCUT2D eigenvalue weighted by atomic mass is 10.1. The fourth-order valence-electron chi connectivity index (χ4n) is 2.38. The van der Waals surface area contributed by atoms with E-state index in [9.17, 15) is 13.6 Å². The first kappa shape index (κ1) is 20.4. The summed E-state index contributed by atoms with van der Waals surface area (Å²) in [5.74, 6) is -0.773. The van der Waals surface area contributed by atoms with E-state index in [0.29, 0.717) is 16.1 Å². The van der Waals surface area contributed by atoms with Gasteiger partial charge in [-0.1, -0.05) is 17.8 Å². The summed E-state index contributed by atoms with van der Waals surface area (Å²) in [7, 11) is 0. The summed E-state index contributed by atoms with van der Waals surface area (Å²) in [5, 5.41) is 13.8. The van der Waals surface area contributed by atoms with Gasteiger partial charge in [-0.25, -0.2) is 18.7 Å². The van der Waals surface area contributed by atoms with Crippen molar-refractivity contribution in [3.05, 3.63) is 63.4 Å². The molecule has 11 heteroatoms. The first-order valence-corrected chi connectivity index (χ1v) is 11.3. The van der Waals surface area contributed by atoms with Gasteiger partial charge in [0.15, 0.2) is 5.13 Å². The van der Waals surface area contributed by atoms with Gasteiger partial charge in [-0.3, -0.25) is 9.89 Å². The van der Waals surface area contributed by atoms with E-state index >= 15 is 0 Å². The lowest BCUT2D eigenvalue weighted by molar-refractivity contribution is -0.113. The van der Waals surface area contributed by atoms with Crippen molar-refractivity contribution in [3.8, 4) is 11.3 Å². The zero-order valence-corrected chi connectivity index (χ0v) is 17.6. The number of H-pyrrole nitrogens is 1. The normalized spacial score (nSPS) is 11.3. The third kappa shape index (κ3) is 5.17. The van der Waals surface area contributed by atoms with E-state index in [2.05, 4.69) is 25.5 Å². The number of aromatic nitrogens is 4. The minimum absolute atomic E-state index is 0.0463. The van der Waals surface area contributed by atoms with E-state index in [1.165, 1.54) is 11.8 Å². The van der Waals surface area contributed by atoms with Crippen LogP contribution in [0.3, 0.4) is 0 Å². The maximum Gasteiger partial charge on any atom is 0.236 e. The molecule has 0 saturated heterocycles. The third-order valence-electron chi connectivity index (χ3n) is 3.72. The van der Waals surface area contributed by atoms with E-state index in [4.69, 9.17) is 0 Å². The molecule has 0 bridgehead atoms. The van der Waals surface area contributed by atoms with Crippen molar-refractivity contribution in [2.45, 2.75) is 5.16 Å². The second-order valence-corrected chi connectivity index (χ2v) is 8.63. The summed E-state index contributed by atoms with van der Waals surface area (Å²) in [6, 6.07) is 7.10. The molecule has 0 radical (unpaired) electrons. The molecule has 0 aliphatic heterocycles. The van der Waals surface area contributed by atoms with E-state index in [0.717, 1.165) is 34.4 Å². The summed E-state index contributed by atoms with van der Waals surface area (Å²) in [4.78, 5) is 21.7. The minimum Gasteiger partial charge on any atom is -0.301 e. The topological polar surface area (TPSA) is 83.6 Å². The van der Waals surface area contributed by atoms with Crippen LogP contribution in [-0.4, -0.2) is 31.8 Å². The van der Waals surface area contributed by atoms with Gasteiger partial charge in [0.2, 0.25) is 11.1 Å². The predicted octanol–water partition coefficient (Wildman–Crippen LogP) is 5.17. The summed E-state index contributed by atoms with van der Waals surface area (Å²) < 4.78 is 27.2. The smallest absolute Gasteiger partial charge is 0.236 e. The Morgan fingerprint density at radius 3 is 2.93 bits per heavy atom. The number of amides is 1. The molecule has 0 unspecified atom stereocenters. The van der Waals surface area contributed by atoms with Gasteiger partial charge in [-0.15, -0.1) is 27.8 Å². The van der Waals surface area contributed by atoms with Gasteiger partial charge in [0.05, 0.1) is 11.4 Å². The van der Waals surface area contributed by atoms with Gasteiger partial charge in [0, 0.05) is 15.8 Å². The molecule has 0 fully saturated rings. The van der Waals surface area contributed by atoms with Crippen LogP contribution in [0.25, 0.3) is 23.4 Å². The van der Waals surface area contributed by atoms with Crippen molar-refractivity contribution in [2.24, 2.45) is 0 Å². The Kier molecular flexibility index (Phi) is 6.31. The van der Waals surface area contributed by atoms with E-state index in [-0.39, 0.29) is 22.9 Å². The highest BCUT2D eigenvalue weighted by Gasteiger charge is 2.13. The number of hydrogen-bond acceptors (Lipinski definition) is 7. The van der Waals surface area contributed by atoms with Crippen LogP contribution in [-0.2, 0) is 4.79 Å². The zero-order chi connectivity index (χ0) is 20.9. The Balaban J connectivity index is 1.31. The number of rotatable bonds is 7. The van der Waals surface area contributed by atoms with Crippen LogP contribution in [0.4, 0.5) is 13.9 Å². The fourth-order valence-corrected chi connectivity index (χ4v) is 4.33. The van der Waals surface area contributed by atoms with Crippen LogP contribution < -0.4 is 5.32 Å². The predicted molar refractivity (Wildman–Crippen MR) is 116 cm³/mol. The van der Waals surface area contributed by atoms with Crippen molar-refractivity contribution < 1.29 is 13.6 Å². The molecule has 1 aromatic carbocycles. The van der Waals surface area contributed by atoms with Crippen LogP contribution in [0.15, 0.2) is 46.2 Å². The molecule has 0 atom stereocenters. The first-order valence-electron chi connectivity index (χ1n) is 8.54. The van der Waals surface area contributed by atoms with Crippen molar-refractivity contribution in [1.29, 1.82) is 0 Å². The number of halogens is 2. The lowest BCUT2D eigenvalue weighted by Gasteiger charge is -2.00. The van der Waals surface area contributed by atoms with E-state index in [1.807, 2.05) is 29.7 Å². The number of nitrogens with one attached hydrogen (secondary N) is 2. The Bertz CT molecular complexity index is 1190. The molecule has 3 aromatic heterocycles. The number of anilines is 1. The molecular formula is C19H13F2N5OS3. The number of thiophene rings is 1. The van der Waals surface area contributed by atoms with Crippen LogP contribution in [0, 0.1) is 11.6 Å². The second-order valence-electron chi connectivity index (χ2n) is 5.85. The van der Waals surface area contributed by atoms with Crippen molar-refractivity contribution in [3.63, 3.8) is 0 Å². The molecular weight excluding hydrogens is 448 g/mol. The largest absolute Gasteiger partial charge is 0.301 e. The highest BCUT2D eigenvalue weighted by Crippen LogP contribution is 2.28. The number of thioether (sulfide) groups is 1. The fraction of sp³-hybridized carbons (Fsp3) is 0.0526. The Hall–Kier alpha value is -2.89. The molecule has 0 saturated carbocycles. The quantitative estimate of drug-likeness (QED) is 0.371. The second kappa shape index (κ2) is 9.28. The molecule has 0 spiro atoms.